The van der Waals surface area contributed by atoms with E-state index in [1.165, 1.54) is 0 Å². The lowest BCUT2D eigenvalue weighted by Gasteiger charge is -2.09. The molecule has 0 fully saturated rings. The molecule has 0 saturated heterocycles. The molecule has 0 amide bonds. The van der Waals surface area contributed by atoms with Crippen molar-refractivity contribution in [1.29, 1.82) is 0 Å². The molecule has 8 heteroatoms. The summed E-state index contributed by atoms with van der Waals surface area (Å²) in [5, 5.41) is 7.35. The van der Waals surface area contributed by atoms with Crippen molar-refractivity contribution in [1.82, 2.24) is 20.2 Å². The first-order valence-electron chi connectivity index (χ1n) is 5.55. The van der Waals surface area contributed by atoms with E-state index in [0.717, 1.165) is 10.2 Å². The zero-order valence-electron chi connectivity index (χ0n) is 10.2. The first-order chi connectivity index (χ1) is 9.67. The molecule has 0 bridgehead atoms. The Labute approximate surface area is 127 Å². The second-order valence-corrected chi connectivity index (χ2v) is 5.02. The van der Waals surface area contributed by atoms with Crippen molar-refractivity contribution in [2.45, 2.75) is 0 Å². The van der Waals surface area contributed by atoms with Crippen LogP contribution in [0.5, 0.6) is 17.4 Å². The number of hydrogen-bond donors (Lipinski definition) is 1. The molecule has 102 valence electrons. The largest absolute Gasteiger partial charge is 0.497 e. The average molecular weight is 356 g/mol. The van der Waals surface area contributed by atoms with Crippen LogP contribution in [0, 0.1) is 0 Å². The van der Waals surface area contributed by atoms with Crippen LogP contribution >= 0.6 is 27.5 Å². The van der Waals surface area contributed by atoms with Gasteiger partial charge in [-0.3, -0.25) is 5.10 Å². The number of nitrogens with one attached hydrogen (secondary N) is 1. The van der Waals surface area contributed by atoms with Crippen molar-refractivity contribution in [2.75, 3.05) is 7.11 Å². The monoisotopic (exact) mass is 354 g/mol. The summed E-state index contributed by atoms with van der Waals surface area (Å²) in [5.41, 5.74) is 0.518. The van der Waals surface area contributed by atoms with Crippen molar-refractivity contribution in [3.63, 3.8) is 0 Å². The van der Waals surface area contributed by atoms with E-state index in [1.54, 1.807) is 31.5 Å². The summed E-state index contributed by atoms with van der Waals surface area (Å²) < 4.78 is 11.6. The predicted octanol–water partition coefficient (Wildman–Crippen LogP) is 3.57. The second-order valence-electron chi connectivity index (χ2n) is 3.83. The minimum absolute atomic E-state index is 0.0846. The van der Waals surface area contributed by atoms with Gasteiger partial charge >= 0.3 is 0 Å². The van der Waals surface area contributed by atoms with Crippen LogP contribution in [0.15, 0.2) is 28.9 Å². The van der Waals surface area contributed by atoms with Gasteiger partial charge in [0.05, 0.1) is 17.8 Å². The molecule has 0 aliphatic carbocycles. The highest BCUT2D eigenvalue weighted by Crippen LogP contribution is 2.34. The van der Waals surface area contributed by atoms with Crippen molar-refractivity contribution >= 4 is 38.6 Å². The van der Waals surface area contributed by atoms with E-state index < -0.39 is 0 Å². The maximum atomic E-state index is 5.85. The number of H-pyrrole nitrogens is 1. The van der Waals surface area contributed by atoms with Crippen LogP contribution in [-0.4, -0.2) is 27.3 Å². The predicted molar refractivity (Wildman–Crippen MR) is 77.5 cm³/mol. The molecule has 20 heavy (non-hydrogen) atoms. The Morgan fingerprint density at radius 2 is 2.15 bits per heavy atom. The SMILES string of the molecule is COc1ccc(Oc2nc(Cl)nc3[nH]ncc23)c(Br)c1. The molecule has 0 saturated carbocycles. The third-order valence-electron chi connectivity index (χ3n) is 2.59. The second kappa shape index (κ2) is 5.26. The topological polar surface area (TPSA) is 72.9 Å². The van der Waals surface area contributed by atoms with Crippen LogP contribution in [-0.2, 0) is 0 Å². The summed E-state index contributed by atoms with van der Waals surface area (Å²) in [4.78, 5) is 8.08. The maximum absolute atomic E-state index is 5.85. The van der Waals surface area contributed by atoms with Gasteiger partial charge in [-0.2, -0.15) is 15.1 Å². The highest BCUT2D eigenvalue weighted by molar-refractivity contribution is 9.10. The molecule has 6 nitrogen and oxygen atoms in total. The van der Waals surface area contributed by atoms with Gasteiger partial charge in [0.1, 0.15) is 16.9 Å². The summed E-state index contributed by atoms with van der Waals surface area (Å²) >= 11 is 9.27. The summed E-state index contributed by atoms with van der Waals surface area (Å²) in [6.45, 7) is 0. The molecule has 0 aliphatic rings. The lowest BCUT2D eigenvalue weighted by molar-refractivity contribution is 0.411. The van der Waals surface area contributed by atoms with Crippen molar-refractivity contribution in [3.05, 3.63) is 34.2 Å². The van der Waals surface area contributed by atoms with E-state index in [4.69, 9.17) is 21.1 Å². The van der Waals surface area contributed by atoms with Gasteiger partial charge in [-0.05, 0) is 45.7 Å². The molecule has 1 aromatic carbocycles. The quantitative estimate of drug-likeness (QED) is 0.727. The van der Waals surface area contributed by atoms with Crippen molar-refractivity contribution in [3.8, 4) is 17.4 Å². The molecular weight excluding hydrogens is 348 g/mol. The zero-order chi connectivity index (χ0) is 14.1. The highest BCUT2D eigenvalue weighted by Gasteiger charge is 2.12. The number of nitrogens with zero attached hydrogens (tertiary/aromatic N) is 3. The number of fused-ring (bicyclic) bond motifs is 1. The van der Waals surface area contributed by atoms with Crippen LogP contribution in [0.3, 0.4) is 0 Å². The number of hydrogen-bond acceptors (Lipinski definition) is 5. The first kappa shape index (κ1) is 13.1. The van der Waals surface area contributed by atoms with Crippen LogP contribution in [0.4, 0.5) is 0 Å². The standard InChI is InChI=1S/C12H8BrClN4O2/c1-19-6-2-3-9(8(13)4-6)20-11-7-5-15-18-10(7)16-12(14)17-11/h2-5H,1H3,(H,15,16,17,18). The fourth-order valence-corrected chi connectivity index (χ4v) is 2.26. The Hall–Kier alpha value is -1.86. The van der Waals surface area contributed by atoms with E-state index >= 15 is 0 Å². The number of aromatic amines is 1. The van der Waals surface area contributed by atoms with E-state index in [-0.39, 0.29) is 5.28 Å². The molecule has 0 unspecified atom stereocenters. The summed E-state index contributed by atoms with van der Waals surface area (Å²) in [7, 11) is 1.60. The number of methoxy groups -OCH3 is 1. The van der Waals surface area contributed by atoms with Crippen LogP contribution in [0.25, 0.3) is 11.0 Å². The first-order valence-corrected chi connectivity index (χ1v) is 6.72. The lowest BCUT2D eigenvalue weighted by Crippen LogP contribution is -1.93. The van der Waals surface area contributed by atoms with Gasteiger partial charge in [0.25, 0.3) is 0 Å². The number of rotatable bonds is 3. The molecule has 3 aromatic rings. The Balaban J connectivity index is 2.03. The van der Waals surface area contributed by atoms with E-state index in [2.05, 4.69) is 36.1 Å². The van der Waals surface area contributed by atoms with E-state index in [9.17, 15) is 0 Å². The van der Waals surface area contributed by atoms with Crippen LogP contribution in [0.2, 0.25) is 5.28 Å². The lowest BCUT2D eigenvalue weighted by atomic mass is 10.3. The number of ether oxygens (including phenoxy) is 2. The Bertz CT molecular complexity index is 777. The van der Waals surface area contributed by atoms with Crippen molar-refractivity contribution < 1.29 is 9.47 Å². The normalized spacial score (nSPS) is 10.8. The van der Waals surface area contributed by atoms with E-state index in [0.29, 0.717) is 22.7 Å². The smallest absolute Gasteiger partial charge is 0.234 e. The maximum Gasteiger partial charge on any atom is 0.234 e. The molecule has 2 aromatic heterocycles. The number of aromatic nitrogens is 4. The molecular formula is C12H8BrClN4O2. The number of benzene rings is 1. The summed E-state index contributed by atoms with van der Waals surface area (Å²) in [6, 6.07) is 5.35. The van der Waals surface area contributed by atoms with Gasteiger partial charge in [-0.1, -0.05) is 0 Å². The van der Waals surface area contributed by atoms with E-state index in [1.807, 2.05) is 0 Å². The molecule has 0 radical (unpaired) electrons. The Kier molecular flexibility index (Phi) is 3.45. The van der Waals surface area contributed by atoms with Crippen molar-refractivity contribution in [2.24, 2.45) is 0 Å². The minimum atomic E-state index is 0.0846. The molecule has 0 spiro atoms. The fourth-order valence-electron chi connectivity index (χ4n) is 1.66. The van der Waals surface area contributed by atoms with Gasteiger partial charge in [0.15, 0.2) is 5.65 Å². The van der Waals surface area contributed by atoms with Gasteiger partial charge in [-0.25, -0.2) is 0 Å². The molecule has 2 heterocycles. The van der Waals surface area contributed by atoms with Gasteiger partial charge in [0.2, 0.25) is 11.2 Å². The average Bonchev–Trinajstić information content (AvgIpc) is 2.89. The zero-order valence-corrected chi connectivity index (χ0v) is 12.6. The molecule has 1 N–H and O–H groups in total. The summed E-state index contributed by atoms with van der Waals surface area (Å²) in [6.07, 6.45) is 1.58. The molecule has 3 rings (SSSR count). The summed E-state index contributed by atoms with van der Waals surface area (Å²) in [5.74, 6) is 1.64. The third kappa shape index (κ3) is 2.41. The fraction of sp³-hybridized carbons (Fsp3) is 0.0833. The minimum Gasteiger partial charge on any atom is -0.497 e. The van der Waals surface area contributed by atoms with Gasteiger partial charge in [-0.15, -0.1) is 0 Å². The third-order valence-corrected chi connectivity index (χ3v) is 3.38. The molecule has 0 atom stereocenters. The van der Waals surface area contributed by atoms with Gasteiger partial charge < -0.3 is 9.47 Å². The Morgan fingerprint density at radius 3 is 2.90 bits per heavy atom. The highest BCUT2D eigenvalue weighted by atomic mass is 79.9. The number of halogens is 2. The van der Waals surface area contributed by atoms with Crippen LogP contribution < -0.4 is 9.47 Å². The van der Waals surface area contributed by atoms with Gasteiger partial charge in [0, 0.05) is 0 Å². The Morgan fingerprint density at radius 1 is 1.30 bits per heavy atom. The molecule has 0 aliphatic heterocycles. The van der Waals surface area contributed by atoms with Crippen LogP contribution in [0.1, 0.15) is 0 Å².